The summed E-state index contributed by atoms with van der Waals surface area (Å²) in [6.07, 6.45) is 4.50. The Labute approximate surface area is 157 Å². The van der Waals surface area contributed by atoms with Gasteiger partial charge in [-0.25, -0.2) is 8.42 Å². The summed E-state index contributed by atoms with van der Waals surface area (Å²) in [5, 5.41) is 15.6. The molecule has 3 aromatic rings. The highest BCUT2D eigenvalue weighted by Gasteiger charge is 2.25. The van der Waals surface area contributed by atoms with E-state index in [-0.39, 0.29) is 10.6 Å². The molecule has 27 heavy (non-hydrogen) atoms. The number of nitrogens with zero attached hydrogens (tertiary/aromatic N) is 1. The number of nitrogens with one attached hydrogen (secondary N) is 2. The molecule has 0 aliphatic carbocycles. The molecule has 0 spiro atoms. The van der Waals surface area contributed by atoms with E-state index in [0.717, 1.165) is 29.1 Å². The lowest BCUT2D eigenvalue weighted by Gasteiger charge is -2.09. The second-order valence-corrected chi connectivity index (χ2v) is 8.35. The Bertz CT molecular complexity index is 1100. The fourth-order valence-corrected chi connectivity index (χ4v) is 4.12. The van der Waals surface area contributed by atoms with E-state index in [1.54, 1.807) is 0 Å². The van der Waals surface area contributed by atoms with Crippen LogP contribution in [0.3, 0.4) is 0 Å². The van der Waals surface area contributed by atoms with Gasteiger partial charge in [-0.2, -0.15) is 0 Å². The lowest BCUT2D eigenvalue weighted by Crippen LogP contribution is -2.10. The van der Waals surface area contributed by atoms with Crippen LogP contribution >= 0.6 is 0 Å². The number of hydrogen-bond donors (Lipinski definition) is 2. The summed E-state index contributed by atoms with van der Waals surface area (Å²) in [4.78, 5) is 13.8. The molecule has 2 N–H and O–H groups in total. The van der Waals surface area contributed by atoms with Crippen LogP contribution in [-0.4, -0.2) is 31.1 Å². The van der Waals surface area contributed by atoms with E-state index < -0.39 is 20.4 Å². The molecule has 142 valence electrons. The highest BCUT2D eigenvalue weighted by atomic mass is 32.2. The summed E-state index contributed by atoms with van der Waals surface area (Å²) in [5.41, 5.74) is 3.25. The topological polar surface area (TPSA) is 105 Å². The summed E-state index contributed by atoms with van der Waals surface area (Å²) in [7, 11) is -3.69. The number of anilines is 1. The van der Waals surface area contributed by atoms with Gasteiger partial charge in [-0.1, -0.05) is 31.2 Å². The average Bonchev–Trinajstić information content (AvgIpc) is 3.04. The van der Waals surface area contributed by atoms with Crippen LogP contribution in [0.2, 0.25) is 0 Å². The highest BCUT2D eigenvalue weighted by Crippen LogP contribution is 2.32. The molecule has 0 unspecified atom stereocenters. The van der Waals surface area contributed by atoms with Crippen molar-refractivity contribution in [2.75, 3.05) is 18.1 Å². The van der Waals surface area contributed by atoms with Gasteiger partial charge < -0.3 is 10.3 Å². The van der Waals surface area contributed by atoms with E-state index in [0.29, 0.717) is 13.0 Å². The smallest absolute Gasteiger partial charge is 0.310 e. The Hall–Kier alpha value is -2.87. The van der Waals surface area contributed by atoms with Gasteiger partial charge in [0.1, 0.15) is 10.6 Å². The van der Waals surface area contributed by atoms with E-state index in [1.165, 1.54) is 23.8 Å². The summed E-state index contributed by atoms with van der Waals surface area (Å²) < 4.78 is 23.7. The Morgan fingerprint density at radius 2 is 1.89 bits per heavy atom. The van der Waals surface area contributed by atoms with Crippen molar-refractivity contribution in [2.45, 2.75) is 24.7 Å². The largest absolute Gasteiger partial charge is 0.379 e. The fourth-order valence-electron chi connectivity index (χ4n) is 3.26. The summed E-state index contributed by atoms with van der Waals surface area (Å²) >= 11 is 0. The van der Waals surface area contributed by atoms with Crippen LogP contribution in [0.15, 0.2) is 47.5 Å². The van der Waals surface area contributed by atoms with E-state index in [1.807, 2.05) is 18.3 Å². The number of sulfone groups is 1. The molecule has 0 fully saturated rings. The van der Waals surface area contributed by atoms with Gasteiger partial charge >= 0.3 is 5.69 Å². The van der Waals surface area contributed by atoms with Crippen molar-refractivity contribution in [1.82, 2.24) is 4.98 Å². The SMILES string of the molecule is CCc1cccc2c(CCNc3cccc(S(C)(=O)=O)c3[N+](=O)[O-])c[nH]c12. The average molecular weight is 387 g/mol. The van der Waals surface area contributed by atoms with Gasteiger partial charge in [-0.15, -0.1) is 0 Å². The predicted octanol–water partition coefficient (Wildman–Crippen LogP) is 3.70. The third-order valence-corrected chi connectivity index (χ3v) is 5.69. The number of aromatic amines is 1. The first-order chi connectivity index (χ1) is 12.8. The van der Waals surface area contributed by atoms with Crippen LogP contribution in [0.4, 0.5) is 11.4 Å². The molecule has 0 saturated heterocycles. The van der Waals surface area contributed by atoms with Gasteiger partial charge in [0.2, 0.25) is 0 Å². The molecule has 7 nitrogen and oxygen atoms in total. The zero-order chi connectivity index (χ0) is 19.6. The molecule has 8 heteroatoms. The van der Waals surface area contributed by atoms with Crippen LogP contribution < -0.4 is 5.32 Å². The van der Waals surface area contributed by atoms with Crippen molar-refractivity contribution in [1.29, 1.82) is 0 Å². The minimum absolute atomic E-state index is 0.206. The fraction of sp³-hybridized carbons (Fsp3) is 0.263. The quantitative estimate of drug-likeness (QED) is 0.475. The molecule has 3 rings (SSSR count). The van der Waals surface area contributed by atoms with E-state index in [4.69, 9.17) is 0 Å². The lowest BCUT2D eigenvalue weighted by atomic mass is 10.1. The summed E-state index contributed by atoms with van der Waals surface area (Å²) in [6, 6.07) is 10.4. The van der Waals surface area contributed by atoms with Crippen LogP contribution in [0.5, 0.6) is 0 Å². The van der Waals surface area contributed by atoms with Gasteiger partial charge in [0.15, 0.2) is 9.84 Å². The van der Waals surface area contributed by atoms with Crippen LogP contribution in [-0.2, 0) is 22.7 Å². The Balaban J connectivity index is 1.83. The Morgan fingerprint density at radius 1 is 1.15 bits per heavy atom. The van der Waals surface area contributed by atoms with Crippen molar-refractivity contribution in [2.24, 2.45) is 0 Å². The normalized spacial score (nSPS) is 11.6. The molecular weight excluding hydrogens is 366 g/mol. The van der Waals surface area contributed by atoms with Crippen molar-refractivity contribution >= 4 is 32.1 Å². The van der Waals surface area contributed by atoms with E-state index in [2.05, 4.69) is 23.3 Å². The number of nitro groups is 1. The molecule has 0 amide bonds. The first kappa shape index (κ1) is 18.9. The molecule has 0 saturated carbocycles. The monoisotopic (exact) mass is 387 g/mol. The second kappa shape index (κ2) is 7.40. The first-order valence-electron chi connectivity index (χ1n) is 8.62. The zero-order valence-electron chi connectivity index (χ0n) is 15.2. The Kier molecular flexibility index (Phi) is 5.18. The molecule has 2 aromatic carbocycles. The van der Waals surface area contributed by atoms with Crippen molar-refractivity contribution in [3.63, 3.8) is 0 Å². The minimum Gasteiger partial charge on any atom is -0.379 e. The number of para-hydroxylation sites is 2. The molecular formula is C19H21N3O4S. The van der Waals surface area contributed by atoms with Gasteiger partial charge in [-0.3, -0.25) is 10.1 Å². The summed E-state index contributed by atoms with van der Waals surface area (Å²) in [5.74, 6) is 0. The predicted molar refractivity (Wildman–Crippen MR) is 106 cm³/mol. The number of H-pyrrole nitrogens is 1. The number of hydrogen-bond acceptors (Lipinski definition) is 5. The number of fused-ring (bicyclic) bond motifs is 1. The maximum Gasteiger partial charge on any atom is 0.310 e. The van der Waals surface area contributed by atoms with Crippen LogP contribution in [0.25, 0.3) is 10.9 Å². The van der Waals surface area contributed by atoms with E-state index in [9.17, 15) is 18.5 Å². The van der Waals surface area contributed by atoms with Gasteiger partial charge in [0.05, 0.1) is 4.92 Å². The summed E-state index contributed by atoms with van der Waals surface area (Å²) in [6.45, 7) is 2.54. The van der Waals surface area contributed by atoms with Gasteiger partial charge in [0, 0.05) is 29.9 Å². The number of benzene rings is 2. The second-order valence-electron chi connectivity index (χ2n) is 6.37. The number of rotatable bonds is 7. The minimum atomic E-state index is -3.69. The lowest BCUT2D eigenvalue weighted by molar-refractivity contribution is -0.386. The number of nitro benzene ring substituents is 1. The van der Waals surface area contributed by atoms with Crippen LogP contribution in [0.1, 0.15) is 18.1 Å². The number of aromatic nitrogens is 1. The van der Waals surface area contributed by atoms with Gasteiger partial charge in [0.25, 0.3) is 0 Å². The van der Waals surface area contributed by atoms with Crippen molar-refractivity contribution in [3.8, 4) is 0 Å². The van der Waals surface area contributed by atoms with Gasteiger partial charge in [-0.05, 0) is 36.1 Å². The van der Waals surface area contributed by atoms with Crippen molar-refractivity contribution in [3.05, 3.63) is 63.8 Å². The molecule has 0 aliphatic heterocycles. The first-order valence-corrected chi connectivity index (χ1v) is 10.5. The maximum atomic E-state index is 11.8. The third-order valence-electron chi connectivity index (χ3n) is 4.56. The van der Waals surface area contributed by atoms with Crippen LogP contribution in [0, 0.1) is 10.1 Å². The number of aryl methyl sites for hydroxylation is 1. The molecule has 1 heterocycles. The third kappa shape index (κ3) is 3.80. The molecule has 0 bridgehead atoms. The maximum absolute atomic E-state index is 11.8. The van der Waals surface area contributed by atoms with E-state index >= 15 is 0 Å². The molecule has 0 radical (unpaired) electrons. The molecule has 0 atom stereocenters. The zero-order valence-corrected chi connectivity index (χ0v) is 16.0. The Morgan fingerprint density at radius 3 is 2.56 bits per heavy atom. The standard InChI is InChI=1S/C19H21N3O4S/c1-3-13-6-4-7-15-14(12-21-18(13)15)10-11-20-16-8-5-9-17(27(2,25)26)19(16)22(23)24/h4-9,12,20-21H,3,10-11H2,1-2H3. The molecule has 0 aliphatic rings. The highest BCUT2D eigenvalue weighted by molar-refractivity contribution is 7.90. The van der Waals surface area contributed by atoms with Crippen molar-refractivity contribution < 1.29 is 13.3 Å². The molecule has 1 aromatic heterocycles.